The third kappa shape index (κ3) is 6.57. The number of benzene rings is 1. The fraction of sp³-hybridized carbons (Fsp3) is 0.533. The van der Waals surface area contributed by atoms with Crippen LogP contribution in [-0.4, -0.2) is 56.9 Å². The molecule has 0 unspecified atom stereocenters. The average Bonchev–Trinajstić information content (AvgIpc) is 2.54. The van der Waals surface area contributed by atoms with Crippen molar-refractivity contribution in [2.45, 2.75) is 6.42 Å². The van der Waals surface area contributed by atoms with Gasteiger partial charge >= 0.3 is 0 Å². The first-order valence-electron chi connectivity index (χ1n) is 7.23. The van der Waals surface area contributed by atoms with E-state index >= 15 is 0 Å². The second kappa shape index (κ2) is 9.33. The molecular formula is C15H22N2O4. The highest BCUT2D eigenvalue weighted by molar-refractivity contribution is 5.74. The highest BCUT2D eigenvalue weighted by Crippen LogP contribution is 2.08. The van der Waals surface area contributed by atoms with E-state index in [2.05, 4.69) is 10.4 Å². The van der Waals surface area contributed by atoms with Crippen LogP contribution in [0.5, 0.6) is 5.75 Å². The van der Waals surface area contributed by atoms with Gasteiger partial charge in [-0.25, -0.2) is 5.48 Å². The number of hydrogen-bond donors (Lipinski definition) is 1. The summed E-state index contributed by atoms with van der Waals surface area (Å²) in [6.45, 7) is 4.98. The first kappa shape index (κ1) is 15.8. The van der Waals surface area contributed by atoms with E-state index in [1.807, 2.05) is 30.3 Å². The minimum absolute atomic E-state index is 0.173. The van der Waals surface area contributed by atoms with Crippen LogP contribution in [0.15, 0.2) is 30.3 Å². The fourth-order valence-corrected chi connectivity index (χ4v) is 1.96. The van der Waals surface area contributed by atoms with Crippen molar-refractivity contribution in [3.05, 3.63) is 30.3 Å². The Bertz CT molecular complexity index is 407. The minimum atomic E-state index is -0.173. The number of ether oxygens (including phenoxy) is 2. The van der Waals surface area contributed by atoms with Crippen molar-refractivity contribution in [3.8, 4) is 5.75 Å². The van der Waals surface area contributed by atoms with E-state index in [0.717, 1.165) is 38.6 Å². The van der Waals surface area contributed by atoms with Gasteiger partial charge in [0.1, 0.15) is 5.75 Å². The Morgan fingerprint density at radius 3 is 2.71 bits per heavy atom. The summed E-state index contributed by atoms with van der Waals surface area (Å²) < 4.78 is 10.7. The number of carbonyl (C=O) groups is 1. The molecule has 2 rings (SSSR count). The van der Waals surface area contributed by atoms with Crippen LogP contribution in [0.4, 0.5) is 0 Å². The molecule has 1 aromatic carbocycles. The number of carbonyl (C=O) groups excluding carboxylic acids is 1. The molecule has 0 spiro atoms. The second-order valence-corrected chi connectivity index (χ2v) is 4.74. The number of hydrogen-bond acceptors (Lipinski definition) is 5. The molecule has 21 heavy (non-hydrogen) atoms. The molecular weight excluding hydrogens is 272 g/mol. The molecule has 0 bridgehead atoms. The maximum atomic E-state index is 11.5. The molecule has 0 radical (unpaired) electrons. The lowest BCUT2D eigenvalue weighted by Crippen LogP contribution is -2.39. The van der Waals surface area contributed by atoms with E-state index in [1.54, 1.807) is 0 Å². The van der Waals surface area contributed by atoms with Crippen LogP contribution in [0, 0.1) is 0 Å². The second-order valence-electron chi connectivity index (χ2n) is 4.74. The number of rotatable bonds is 8. The molecule has 0 aliphatic carbocycles. The molecule has 1 aliphatic heterocycles. The Kier molecular flexibility index (Phi) is 7.00. The molecule has 0 atom stereocenters. The lowest BCUT2D eigenvalue weighted by Gasteiger charge is -2.26. The van der Waals surface area contributed by atoms with Gasteiger partial charge in [-0.3, -0.25) is 14.5 Å². The monoisotopic (exact) mass is 294 g/mol. The van der Waals surface area contributed by atoms with Crippen molar-refractivity contribution in [2.24, 2.45) is 0 Å². The highest BCUT2D eigenvalue weighted by Gasteiger charge is 2.09. The molecule has 6 nitrogen and oxygen atoms in total. The summed E-state index contributed by atoms with van der Waals surface area (Å²) in [5.74, 6) is 0.589. The van der Waals surface area contributed by atoms with Crippen molar-refractivity contribution in [1.29, 1.82) is 0 Å². The molecule has 1 saturated heterocycles. The zero-order valence-electron chi connectivity index (χ0n) is 12.1. The third-order valence-corrected chi connectivity index (χ3v) is 3.14. The normalized spacial score (nSPS) is 15.6. The van der Waals surface area contributed by atoms with Gasteiger partial charge in [0.25, 0.3) is 0 Å². The largest absolute Gasteiger partial charge is 0.493 e. The Morgan fingerprint density at radius 2 is 1.95 bits per heavy atom. The van der Waals surface area contributed by atoms with Crippen LogP contribution < -0.4 is 10.2 Å². The quantitative estimate of drug-likeness (QED) is 0.568. The first-order valence-corrected chi connectivity index (χ1v) is 7.23. The van der Waals surface area contributed by atoms with Gasteiger partial charge < -0.3 is 9.47 Å². The summed E-state index contributed by atoms with van der Waals surface area (Å²) in [5.41, 5.74) is 2.43. The fourth-order valence-electron chi connectivity index (χ4n) is 1.96. The Labute approximate surface area is 124 Å². The highest BCUT2D eigenvalue weighted by atomic mass is 16.7. The van der Waals surface area contributed by atoms with Gasteiger partial charge in [-0.2, -0.15) is 0 Å². The van der Waals surface area contributed by atoms with Crippen LogP contribution in [0.1, 0.15) is 6.42 Å². The predicted molar refractivity (Wildman–Crippen MR) is 77.9 cm³/mol. The third-order valence-electron chi connectivity index (χ3n) is 3.14. The topological polar surface area (TPSA) is 60.0 Å². The summed E-state index contributed by atoms with van der Waals surface area (Å²) in [4.78, 5) is 18.9. The van der Waals surface area contributed by atoms with Crippen molar-refractivity contribution in [1.82, 2.24) is 10.4 Å². The predicted octanol–water partition coefficient (Wildman–Crippen LogP) is 0.835. The minimum Gasteiger partial charge on any atom is -0.493 e. The summed E-state index contributed by atoms with van der Waals surface area (Å²) in [7, 11) is 0. The number of nitrogens with zero attached hydrogens (tertiary/aromatic N) is 1. The number of para-hydroxylation sites is 1. The van der Waals surface area contributed by atoms with Gasteiger partial charge in [-0.05, 0) is 12.1 Å². The van der Waals surface area contributed by atoms with Crippen molar-refractivity contribution >= 4 is 5.91 Å². The van der Waals surface area contributed by atoms with Gasteiger partial charge in [0.05, 0.1) is 32.8 Å². The lowest BCUT2D eigenvalue weighted by molar-refractivity contribution is -0.134. The number of hydroxylamine groups is 1. The molecule has 1 aromatic rings. The Morgan fingerprint density at radius 1 is 1.19 bits per heavy atom. The first-order chi connectivity index (χ1) is 10.3. The standard InChI is InChI=1S/C15H22N2O4/c18-15(6-10-20-14-4-2-1-3-5-14)16-21-13-9-17-7-11-19-12-8-17/h1-5H,6-13H2,(H,16,18). The van der Waals surface area contributed by atoms with Crippen molar-refractivity contribution in [2.75, 3.05) is 46.1 Å². The van der Waals surface area contributed by atoms with Gasteiger partial charge in [-0.15, -0.1) is 0 Å². The van der Waals surface area contributed by atoms with Gasteiger partial charge in [-0.1, -0.05) is 18.2 Å². The van der Waals surface area contributed by atoms with E-state index in [-0.39, 0.29) is 12.3 Å². The number of morpholine rings is 1. The molecule has 0 aromatic heterocycles. The summed E-state index contributed by atoms with van der Waals surface area (Å²) >= 11 is 0. The van der Waals surface area contributed by atoms with E-state index in [0.29, 0.717) is 13.2 Å². The molecule has 1 N–H and O–H groups in total. The smallest absolute Gasteiger partial charge is 0.246 e. The van der Waals surface area contributed by atoms with Crippen LogP contribution >= 0.6 is 0 Å². The molecule has 1 heterocycles. The Balaban J connectivity index is 1.47. The van der Waals surface area contributed by atoms with Crippen LogP contribution in [0.3, 0.4) is 0 Å². The van der Waals surface area contributed by atoms with Crippen molar-refractivity contribution < 1.29 is 19.1 Å². The summed E-state index contributed by atoms with van der Waals surface area (Å²) in [6, 6.07) is 9.42. The van der Waals surface area contributed by atoms with Crippen LogP contribution in [0.25, 0.3) is 0 Å². The SMILES string of the molecule is O=C(CCOc1ccccc1)NOCCN1CCOCC1. The summed E-state index contributed by atoms with van der Waals surface area (Å²) in [5, 5.41) is 0. The maximum Gasteiger partial charge on any atom is 0.246 e. The molecule has 1 fully saturated rings. The zero-order chi connectivity index (χ0) is 14.8. The zero-order valence-corrected chi connectivity index (χ0v) is 12.1. The van der Waals surface area contributed by atoms with E-state index < -0.39 is 0 Å². The van der Waals surface area contributed by atoms with Crippen molar-refractivity contribution in [3.63, 3.8) is 0 Å². The van der Waals surface area contributed by atoms with E-state index in [9.17, 15) is 4.79 Å². The van der Waals surface area contributed by atoms with E-state index in [1.165, 1.54) is 0 Å². The van der Waals surface area contributed by atoms with Crippen LogP contribution in [-0.2, 0) is 14.4 Å². The molecule has 1 amide bonds. The molecule has 1 aliphatic rings. The molecule has 116 valence electrons. The number of amides is 1. The maximum absolute atomic E-state index is 11.5. The lowest BCUT2D eigenvalue weighted by atomic mass is 10.3. The van der Waals surface area contributed by atoms with Gasteiger partial charge in [0.2, 0.25) is 5.91 Å². The van der Waals surface area contributed by atoms with Gasteiger partial charge in [0.15, 0.2) is 0 Å². The number of nitrogens with one attached hydrogen (secondary N) is 1. The average molecular weight is 294 g/mol. The molecule has 6 heteroatoms. The molecule has 0 saturated carbocycles. The van der Waals surface area contributed by atoms with Gasteiger partial charge in [0, 0.05) is 19.6 Å². The Hall–Kier alpha value is -1.63. The van der Waals surface area contributed by atoms with Crippen LogP contribution in [0.2, 0.25) is 0 Å². The van der Waals surface area contributed by atoms with E-state index in [4.69, 9.17) is 14.3 Å². The summed E-state index contributed by atoms with van der Waals surface area (Å²) in [6.07, 6.45) is 0.270.